The van der Waals surface area contributed by atoms with Gasteiger partial charge in [-0.2, -0.15) is 0 Å². The Kier molecular flexibility index (Phi) is 2.00. The van der Waals surface area contributed by atoms with Gasteiger partial charge in [0.25, 0.3) is 0 Å². The molecule has 1 saturated heterocycles. The Bertz CT molecular complexity index is 266. The molecule has 2 nitrogen and oxygen atoms in total. The third kappa shape index (κ3) is 1.30. The van der Waals surface area contributed by atoms with Crippen molar-refractivity contribution in [2.45, 2.75) is 18.9 Å². The van der Waals surface area contributed by atoms with E-state index in [1.807, 2.05) is 18.2 Å². The largest absolute Gasteiger partial charge is 0.508 e. The maximum atomic E-state index is 9.51. The van der Waals surface area contributed by atoms with E-state index in [1.165, 1.54) is 0 Å². The van der Waals surface area contributed by atoms with Gasteiger partial charge in [0, 0.05) is 12.1 Å². The predicted octanol–water partition coefficient (Wildman–Crippen LogP) is 1.83. The molecule has 1 heterocycles. The summed E-state index contributed by atoms with van der Waals surface area (Å²) in [6.07, 6.45) is 2.23. The summed E-state index contributed by atoms with van der Waals surface area (Å²) in [6.45, 7) is 0.943. The molecule has 0 bridgehead atoms. The number of rotatable bonds is 1. The molecule has 1 aliphatic rings. The topological polar surface area (TPSA) is 34.3 Å². The Morgan fingerprint density at radius 2 is 2.17 bits per heavy atom. The fraction of sp³-hybridized carbons (Fsp3) is 0.400. The maximum Gasteiger partial charge on any atom is 0.120 e. The zero-order valence-electron chi connectivity index (χ0n) is 6.90. The molecule has 2 heteroatoms. The smallest absolute Gasteiger partial charge is 0.120 e. The molecule has 1 fully saturated rings. The first-order chi connectivity index (χ1) is 5.88. The molecule has 1 aromatic rings. The summed E-state index contributed by atoms with van der Waals surface area (Å²) in [5, 5.41) is 13.9. The number of nitrogens with zero attached hydrogens (tertiary/aromatic N) is 1. The summed E-state index contributed by atoms with van der Waals surface area (Å²) in [6, 6.07) is 7.71. The molecule has 1 atom stereocenters. The molecular weight excluding hydrogens is 150 g/mol. The van der Waals surface area contributed by atoms with Gasteiger partial charge in [-0.15, -0.1) is 0 Å². The van der Waals surface area contributed by atoms with Crippen molar-refractivity contribution in [1.29, 1.82) is 0 Å². The Hall–Kier alpha value is -1.02. The van der Waals surface area contributed by atoms with Gasteiger partial charge in [0.15, 0.2) is 0 Å². The zero-order valence-corrected chi connectivity index (χ0v) is 6.90. The highest BCUT2D eigenvalue weighted by molar-refractivity contribution is 5.34. The second kappa shape index (κ2) is 3.15. The highest BCUT2D eigenvalue weighted by Gasteiger charge is 2.19. The number of aromatic hydroxyl groups is 1. The van der Waals surface area contributed by atoms with Crippen LogP contribution < -0.4 is 5.32 Å². The minimum Gasteiger partial charge on any atom is -0.508 e. The Morgan fingerprint density at radius 3 is 2.83 bits per heavy atom. The van der Waals surface area contributed by atoms with E-state index in [4.69, 9.17) is 0 Å². The van der Waals surface area contributed by atoms with E-state index in [0.717, 1.165) is 24.9 Å². The van der Waals surface area contributed by atoms with E-state index in [0.29, 0.717) is 5.75 Å². The van der Waals surface area contributed by atoms with Crippen LogP contribution >= 0.6 is 0 Å². The van der Waals surface area contributed by atoms with Gasteiger partial charge in [0.2, 0.25) is 0 Å². The van der Waals surface area contributed by atoms with Crippen LogP contribution in [0.3, 0.4) is 0 Å². The van der Waals surface area contributed by atoms with Crippen LogP contribution in [-0.4, -0.2) is 11.7 Å². The SMILES string of the molecule is Oc1ccccc1C1CCC[N]1. The average molecular weight is 162 g/mol. The normalized spacial score (nSPS) is 22.8. The van der Waals surface area contributed by atoms with Crippen LogP contribution in [-0.2, 0) is 0 Å². The van der Waals surface area contributed by atoms with Gasteiger partial charge < -0.3 is 5.11 Å². The summed E-state index contributed by atoms with van der Waals surface area (Å²) in [5.74, 6) is 0.383. The summed E-state index contributed by atoms with van der Waals surface area (Å²) in [4.78, 5) is 0. The van der Waals surface area contributed by atoms with Gasteiger partial charge in [-0.1, -0.05) is 18.2 Å². The number of hydrogen-bond donors (Lipinski definition) is 1. The lowest BCUT2D eigenvalue weighted by atomic mass is 10.0. The van der Waals surface area contributed by atoms with Gasteiger partial charge in [-0.3, -0.25) is 0 Å². The predicted molar refractivity (Wildman–Crippen MR) is 47.1 cm³/mol. The molecule has 1 radical (unpaired) electrons. The van der Waals surface area contributed by atoms with E-state index >= 15 is 0 Å². The van der Waals surface area contributed by atoms with Crippen LogP contribution in [0.4, 0.5) is 0 Å². The van der Waals surface area contributed by atoms with Crippen LogP contribution in [0.2, 0.25) is 0 Å². The van der Waals surface area contributed by atoms with Gasteiger partial charge in [-0.25, -0.2) is 5.32 Å². The number of para-hydroxylation sites is 1. The summed E-state index contributed by atoms with van der Waals surface area (Å²) >= 11 is 0. The molecule has 0 spiro atoms. The first-order valence-corrected chi connectivity index (χ1v) is 4.32. The van der Waals surface area contributed by atoms with Crippen molar-refractivity contribution < 1.29 is 5.11 Å². The minimum atomic E-state index is 0.242. The highest BCUT2D eigenvalue weighted by Crippen LogP contribution is 2.30. The summed E-state index contributed by atoms with van der Waals surface area (Å²) < 4.78 is 0. The van der Waals surface area contributed by atoms with Crippen LogP contribution in [0.15, 0.2) is 24.3 Å². The van der Waals surface area contributed by atoms with Crippen molar-refractivity contribution in [1.82, 2.24) is 5.32 Å². The van der Waals surface area contributed by atoms with E-state index in [2.05, 4.69) is 5.32 Å². The van der Waals surface area contributed by atoms with E-state index in [9.17, 15) is 5.11 Å². The minimum absolute atomic E-state index is 0.242. The highest BCUT2D eigenvalue weighted by atomic mass is 16.3. The zero-order chi connectivity index (χ0) is 8.39. The third-order valence-corrected chi connectivity index (χ3v) is 2.28. The lowest BCUT2D eigenvalue weighted by Gasteiger charge is -2.09. The van der Waals surface area contributed by atoms with Crippen molar-refractivity contribution in [2.24, 2.45) is 0 Å². The molecule has 0 saturated carbocycles. The first kappa shape index (κ1) is 7.62. The monoisotopic (exact) mass is 162 g/mol. The van der Waals surface area contributed by atoms with Crippen LogP contribution in [0, 0.1) is 0 Å². The third-order valence-electron chi connectivity index (χ3n) is 2.28. The average Bonchev–Trinajstić information content (AvgIpc) is 2.57. The lowest BCUT2D eigenvalue weighted by molar-refractivity contribution is 0.456. The Balaban J connectivity index is 2.26. The molecule has 2 rings (SSSR count). The van der Waals surface area contributed by atoms with Crippen LogP contribution in [0.5, 0.6) is 5.75 Å². The van der Waals surface area contributed by atoms with Gasteiger partial charge in [0.05, 0.1) is 6.04 Å². The standard InChI is InChI=1S/C10H12NO/c12-10-6-2-1-4-8(10)9-5-3-7-11-9/h1-2,4,6,9,12H,3,5,7H2. The van der Waals surface area contributed by atoms with Crippen molar-refractivity contribution in [2.75, 3.05) is 6.54 Å². The molecule has 0 aromatic heterocycles. The van der Waals surface area contributed by atoms with E-state index in [1.54, 1.807) is 6.07 Å². The molecule has 12 heavy (non-hydrogen) atoms. The van der Waals surface area contributed by atoms with Gasteiger partial charge in [0.1, 0.15) is 5.75 Å². The number of hydrogen-bond acceptors (Lipinski definition) is 1. The number of phenolic OH excluding ortho intramolecular Hbond substituents is 1. The molecule has 0 aliphatic carbocycles. The molecule has 63 valence electrons. The Labute approximate surface area is 72.2 Å². The van der Waals surface area contributed by atoms with Crippen molar-refractivity contribution in [3.63, 3.8) is 0 Å². The molecule has 1 aromatic carbocycles. The summed E-state index contributed by atoms with van der Waals surface area (Å²) in [5.41, 5.74) is 0.981. The van der Waals surface area contributed by atoms with E-state index in [-0.39, 0.29) is 6.04 Å². The first-order valence-electron chi connectivity index (χ1n) is 4.32. The fourth-order valence-corrected chi connectivity index (χ4v) is 1.65. The Morgan fingerprint density at radius 1 is 1.33 bits per heavy atom. The van der Waals surface area contributed by atoms with E-state index < -0.39 is 0 Å². The van der Waals surface area contributed by atoms with Crippen molar-refractivity contribution >= 4 is 0 Å². The molecule has 1 N–H and O–H groups in total. The molecule has 1 aliphatic heterocycles. The van der Waals surface area contributed by atoms with Gasteiger partial charge in [-0.05, 0) is 18.9 Å². The van der Waals surface area contributed by atoms with Crippen molar-refractivity contribution in [3.05, 3.63) is 29.8 Å². The molecule has 1 unspecified atom stereocenters. The van der Waals surface area contributed by atoms with Crippen molar-refractivity contribution in [3.8, 4) is 5.75 Å². The number of phenols is 1. The lowest BCUT2D eigenvalue weighted by Crippen LogP contribution is -2.04. The second-order valence-corrected chi connectivity index (χ2v) is 3.12. The van der Waals surface area contributed by atoms with Crippen LogP contribution in [0.1, 0.15) is 24.4 Å². The fourth-order valence-electron chi connectivity index (χ4n) is 1.65. The van der Waals surface area contributed by atoms with Gasteiger partial charge >= 0.3 is 0 Å². The quantitative estimate of drug-likeness (QED) is 0.671. The second-order valence-electron chi connectivity index (χ2n) is 3.12. The van der Waals surface area contributed by atoms with Crippen LogP contribution in [0.25, 0.3) is 0 Å². The maximum absolute atomic E-state index is 9.51. The number of benzene rings is 1. The molecular formula is C10H12NO. The summed E-state index contributed by atoms with van der Waals surface area (Å²) in [7, 11) is 0. The molecule has 0 amide bonds.